The van der Waals surface area contributed by atoms with Gasteiger partial charge in [-0.15, -0.1) is 0 Å². The van der Waals surface area contributed by atoms with E-state index in [-0.39, 0.29) is 12.6 Å². The number of allylic oxidation sites excluding steroid dienone is 3. The number of ether oxygens (including phenoxy) is 1. The molecule has 1 saturated heterocycles. The zero-order chi connectivity index (χ0) is 23.0. The molecule has 0 aliphatic carbocycles. The van der Waals surface area contributed by atoms with Crippen LogP contribution in [0.25, 0.3) is 11.2 Å². The number of rotatable bonds is 6. The number of primary amides is 1. The Morgan fingerprint density at radius 2 is 2.23 bits per heavy atom. The number of carbonyl (C=O) groups excluding carboxylic acids is 1. The van der Waals surface area contributed by atoms with Crippen molar-refractivity contribution in [1.82, 2.24) is 14.6 Å². The number of carbonyl (C=O) groups is 1. The van der Waals surface area contributed by atoms with E-state index < -0.39 is 5.91 Å². The van der Waals surface area contributed by atoms with Crippen molar-refractivity contribution < 1.29 is 9.53 Å². The second-order valence-electron chi connectivity index (χ2n) is 7.12. The number of nitrogens with two attached hydrogens (primary N) is 1. The summed E-state index contributed by atoms with van der Waals surface area (Å²) >= 11 is 0. The van der Waals surface area contributed by atoms with Crippen LogP contribution in [-0.4, -0.2) is 34.3 Å². The van der Waals surface area contributed by atoms with Gasteiger partial charge in [-0.25, -0.2) is 10.2 Å². The van der Waals surface area contributed by atoms with Gasteiger partial charge in [0.25, 0.3) is 6.71 Å². The Morgan fingerprint density at radius 3 is 2.81 bits per heavy atom. The molecule has 162 valence electrons. The molecule has 1 aliphatic heterocycles. The van der Waals surface area contributed by atoms with E-state index in [0.717, 1.165) is 42.3 Å². The van der Waals surface area contributed by atoms with Crippen LogP contribution >= 0.6 is 0 Å². The minimum absolute atomic E-state index is 0.0573. The molecule has 0 aromatic carbocycles. The number of hydrogen-bond acceptors (Lipinski definition) is 5. The molecule has 3 heterocycles. The van der Waals surface area contributed by atoms with E-state index in [1.807, 2.05) is 32.9 Å². The van der Waals surface area contributed by atoms with Crippen molar-refractivity contribution in [3.05, 3.63) is 53.9 Å². The fourth-order valence-electron chi connectivity index (χ4n) is 3.80. The molecule has 1 fully saturated rings. The Bertz CT molecular complexity index is 1050. The van der Waals surface area contributed by atoms with Crippen LogP contribution in [0.3, 0.4) is 0 Å². The molecule has 0 spiro atoms. The highest BCUT2D eigenvalue weighted by Gasteiger charge is 2.28. The zero-order valence-electron chi connectivity index (χ0n) is 18.8. The van der Waals surface area contributed by atoms with Gasteiger partial charge in [0, 0.05) is 23.2 Å². The number of fused-ring (bicyclic) bond motifs is 1. The Hall–Kier alpha value is -3.34. The zero-order valence-corrected chi connectivity index (χ0v) is 18.8. The first kappa shape index (κ1) is 23.9. The highest BCUT2D eigenvalue weighted by Crippen LogP contribution is 2.35. The van der Waals surface area contributed by atoms with Crippen LogP contribution in [0.15, 0.2) is 42.6 Å². The molecule has 2 aromatic heterocycles. The van der Waals surface area contributed by atoms with Gasteiger partial charge in [-0.2, -0.15) is 9.61 Å². The van der Waals surface area contributed by atoms with Gasteiger partial charge in [0.05, 0.1) is 19.0 Å². The summed E-state index contributed by atoms with van der Waals surface area (Å²) in [7, 11) is 1.60. The predicted molar refractivity (Wildman–Crippen MR) is 125 cm³/mol. The van der Waals surface area contributed by atoms with Crippen LogP contribution in [0.2, 0.25) is 12.6 Å². The predicted octanol–water partition coefficient (Wildman–Crippen LogP) is 4.20. The quantitative estimate of drug-likeness (QED) is 0.429. The maximum absolute atomic E-state index is 11.6. The van der Waals surface area contributed by atoms with Gasteiger partial charge < -0.3 is 10.5 Å². The summed E-state index contributed by atoms with van der Waals surface area (Å²) in [6, 6.07) is 1.90. The molecule has 8 heteroatoms. The summed E-state index contributed by atoms with van der Waals surface area (Å²) in [5.74, 6) is 2.63. The Labute approximate surface area is 184 Å². The summed E-state index contributed by atoms with van der Waals surface area (Å²) in [6.07, 6.45) is 10.4. The molecule has 2 N–H and O–H groups in total. The van der Waals surface area contributed by atoms with E-state index in [1.165, 1.54) is 6.08 Å². The minimum Gasteiger partial charge on any atom is -0.481 e. The summed E-state index contributed by atoms with van der Waals surface area (Å²) in [6.45, 7) is 9.58. The molecule has 1 aliphatic rings. The topological polar surface area (TPSA) is 106 Å². The molecular weight excluding hydrogens is 389 g/mol. The van der Waals surface area contributed by atoms with E-state index in [0.29, 0.717) is 17.1 Å². The molecular formula is C23H30BN5O2. The lowest BCUT2D eigenvalue weighted by molar-refractivity contribution is -0.114. The maximum Gasteiger partial charge on any atom is 0.268 e. The van der Waals surface area contributed by atoms with Gasteiger partial charge in [-0.1, -0.05) is 51.6 Å². The van der Waals surface area contributed by atoms with Gasteiger partial charge >= 0.3 is 0 Å². The van der Waals surface area contributed by atoms with Crippen LogP contribution in [0, 0.1) is 11.2 Å². The molecule has 0 bridgehead atoms. The molecule has 1 atom stereocenters. The van der Waals surface area contributed by atoms with E-state index in [2.05, 4.69) is 17.6 Å². The Balaban J connectivity index is 0.00000166. The van der Waals surface area contributed by atoms with Crippen molar-refractivity contribution in [2.75, 3.05) is 7.11 Å². The second-order valence-corrected chi connectivity index (χ2v) is 7.12. The monoisotopic (exact) mass is 419 g/mol. The third-order valence-corrected chi connectivity index (χ3v) is 5.38. The lowest BCUT2D eigenvalue weighted by Gasteiger charge is -2.23. The highest BCUT2D eigenvalue weighted by atomic mass is 16.5. The Kier molecular flexibility index (Phi) is 8.62. The number of hydrogen-bond donors (Lipinski definition) is 1. The lowest BCUT2D eigenvalue weighted by Crippen LogP contribution is -2.21. The van der Waals surface area contributed by atoms with Crippen LogP contribution in [0.1, 0.15) is 50.8 Å². The summed E-state index contributed by atoms with van der Waals surface area (Å²) < 4.78 is 7.19. The Morgan fingerprint density at radius 1 is 1.48 bits per heavy atom. The number of nitrogens with zero attached hydrogens (tertiary/aromatic N) is 4. The summed E-state index contributed by atoms with van der Waals surface area (Å²) in [5, 5.41) is 13.7. The summed E-state index contributed by atoms with van der Waals surface area (Å²) in [4.78, 5) is 16.5. The first-order chi connectivity index (χ1) is 15.0. The largest absolute Gasteiger partial charge is 0.481 e. The van der Waals surface area contributed by atoms with Crippen molar-refractivity contribution in [2.45, 2.75) is 52.2 Å². The van der Waals surface area contributed by atoms with Crippen molar-refractivity contribution in [2.24, 2.45) is 5.73 Å². The third kappa shape index (κ3) is 5.24. The molecule has 1 amide bonds. The molecule has 31 heavy (non-hydrogen) atoms. The smallest absolute Gasteiger partial charge is 0.268 e. The number of nitriles is 1. The van der Waals surface area contributed by atoms with Crippen molar-refractivity contribution in [3.63, 3.8) is 0 Å². The molecule has 2 aromatic rings. The van der Waals surface area contributed by atoms with E-state index in [4.69, 9.17) is 15.5 Å². The number of methoxy groups -OCH3 is 1. The number of aromatic nitrogens is 3. The van der Waals surface area contributed by atoms with Gasteiger partial charge in [0.1, 0.15) is 0 Å². The fraction of sp³-hybridized carbons (Fsp3) is 0.391. The van der Waals surface area contributed by atoms with Crippen LogP contribution in [-0.2, 0) is 4.79 Å². The first-order valence-electron chi connectivity index (χ1n) is 10.6. The molecule has 1 unspecified atom stereocenters. The average Bonchev–Trinajstić information content (AvgIpc) is 3.24. The molecule has 7 nitrogen and oxygen atoms in total. The van der Waals surface area contributed by atoms with Crippen molar-refractivity contribution >= 4 is 23.8 Å². The van der Waals surface area contributed by atoms with Crippen molar-refractivity contribution in [1.29, 1.82) is 5.26 Å². The van der Waals surface area contributed by atoms with Gasteiger partial charge in [-0.05, 0) is 30.9 Å². The van der Waals surface area contributed by atoms with Crippen LogP contribution < -0.4 is 10.5 Å². The standard InChI is InChI=1S/C21H24BN5O2.C2H6/c1-4-14(9-15(5-2)20(24)28)17-12-25-27-19(29-3)10-18(26-21(17)27)16-7-6-8-22(11-16)13-23;1-2/h4-5,9-10,12,16H,2,6-8,11H2,1,3H3,(H2,24,28);1-2H3/b14-4+,15-9+;. The minimum atomic E-state index is -0.549. The lowest BCUT2D eigenvalue weighted by atomic mass is 9.41. The second kappa shape index (κ2) is 11.2. The van der Waals surface area contributed by atoms with Crippen molar-refractivity contribution in [3.8, 4) is 11.8 Å². The van der Waals surface area contributed by atoms with E-state index in [1.54, 1.807) is 23.9 Å². The third-order valence-electron chi connectivity index (χ3n) is 5.38. The van der Waals surface area contributed by atoms with Gasteiger partial charge in [0.2, 0.25) is 11.8 Å². The van der Waals surface area contributed by atoms with E-state index in [9.17, 15) is 10.1 Å². The molecule has 0 radical (unpaired) electrons. The average molecular weight is 419 g/mol. The molecule has 3 rings (SSSR count). The van der Waals surface area contributed by atoms with E-state index >= 15 is 0 Å². The highest BCUT2D eigenvalue weighted by molar-refractivity contribution is 6.67. The summed E-state index contributed by atoms with van der Waals surface area (Å²) in [5.41, 5.74) is 8.79. The van der Waals surface area contributed by atoms with Crippen LogP contribution in [0.4, 0.5) is 0 Å². The van der Waals surface area contributed by atoms with Gasteiger partial charge in [0.15, 0.2) is 5.65 Å². The van der Waals surface area contributed by atoms with Crippen LogP contribution in [0.5, 0.6) is 5.88 Å². The normalized spacial score (nSPS) is 16.9. The van der Waals surface area contributed by atoms with Gasteiger partial charge in [-0.3, -0.25) is 4.79 Å². The fourth-order valence-corrected chi connectivity index (χ4v) is 3.80. The maximum atomic E-state index is 11.6. The number of amides is 1. The first-order valence-corrected chi connectivity index (χ1v) is 10.6. The SMILES string of the molecule is C=C/C(=C\C(=C/C)c1cnn2c(OC)cc(C3CCCB(C#N)C3)nc12)C(N)=O.CC. The molecule has 0 saturated carbocycles.